The van der Waals surface area contributed by atoms with E-state index in [2.05, 4.69) is 15.7 Å². The number of nitrogens with one attached hydrogen (secondary N) is 2. The summed E-state index contributed by atoms with van der Waals surface area (Å²) in [6, 6.07) is 5.95. The molecule has 1 amide bonds. The largest absolute Gasteiger partial charge is 0.371 e. The number of carbonyl (C=O) groups is 1. The minimum Gasteiger partial charge on any atom is -0.371 e. The summed E-state index contributed by atoms with van der Waals surface area (Å²) in [5.41, 5.74) is 1.12. The van der Waals surface area contributed by atoms with E-state index in [9.17, 15) is 9.18 Å². The quantitative estimate of drug-likeness (QED) is 0.891. The van der Waals surface area contributed by atoms with Gasteiger partial charge in [-0.2, -0.15) is 5.10 Å². The van der Waals surface area contributed by atoms with E-state index >= 15 is 0 Å². The fourth-order valence-corrected chi connectivity index (χ4v) is 2.06. The molecule has 0 saturated heterocycles. The molecule has 2 rings (SSSR count). The molecule has 0 aliphatic rings. The van der Waals surface area contributed by atoms with Crippen LogP contribution < -0.4 is 10.6 Å². The van der Waals surface area contributed by atoms with Crippen LogP contribution in [0.4, 0.5) is 10.1 Å². The molecule has 2 N–H and O–H groups in total. The summed E-state index contributed by atoms with van der Waals surface area (Å²) in [6.45, 7) is 8.07. The predicted molar refractivity (Wildman–Crippen MR) is 88.6 cm³/mol. The van der Waals surface area contributed by atoms with Gasteiger partial charge < -0.3 is 10.6 Å². The number of carbonyl (C=O) groups excluding carboxylic acids is 1. The number of rotatable bonds is 5. The molecule has 1 atom stereocenters. The molecular formula is C17H23FN4O. The van der Waals surface area contributed by atoms with Crippen LogP contribution >= 0.6 is 0 Å². The van der Waals surface area contributed by atoms with Crippen LogP contribution in [0.2, 0.25) is 0 Å². The van der Waals surface area contributed by atoms with E-state index in [1.54, 1.807) is 31.3 Å². The molecule has 1 heterocycles. The maximum atomic E-state index is 13.5. The lowest BCUT2D eigenvalue weighted by molar-refractivity contribution is -0.121. The van der Waals surface area contributed by atoms with Gasteiger partial charge in [0.15, 0.2) is 0 Å². The molecule has 23 heavy (non-hydrogen) atoms. The standard InChI is InChI=1S/C17H23FN4O/c1-12(21-14-10-20-22(11-14)17(2,3)4)16(23)19-9-13-7-5-6-8-15(13)18/h5-8,10-12,21H,9H2,1-4H3,(H,19,23). The van der Waals surface area contributed by atoms with Gasteiger partial charge in [0.25, 0.3) is 0 Å². The van der Waals surface area contributed by atoms with Gasteiger partial charge in [0, 0.05) is 18.3 Å². The highest BCUT2D eigenvalue weighted by molar-refractivity contribution is 5.84. The zero-order valence-corrected chi connectivity index (χ0v) is 13.9. The van der Waals surface area contributed by atoms with Crippen molar-refractivity contribution in [2.75, 3.05) is 5.32 Å². The maximum absolute atomic E-state index is 13.5. The first-order valence-electron chi connectivity index (χ1n) is 7.60. The lowest BCUT2D eigenvalue weighted by Gasteiger charge is -2.19. The number of hydrogen-bond donors (Lipinski definition) is 2. The summed E-state index contributed by atoms with van der Waals surface area (Å²) in [7, 11) is 0. The lowest BCUT2D eigenvalue weighted by atomic mass is 10.1. The Morgan fingerprint density at radius 1 is 1.35 bits per heavy atom. The molecule has 2 aromatic rings. The smallest absolute Gasteiger partial charge is 0.242 e. The Bertz CT molecular complexity index is 675. The van der Waals surface area contributed by atoms with E-state index in [0.29, 0.717) is 5.56 Å². The molecule has 0 aliphatic heterocycles. The molecule has 5 nitrogen and oxygen atoms in total. The summed E-state index contributed by atoms with van der Waals surface area (Å²) in [4.78, 5) is 12.1. The topological polar surface area (TPSA) is 59.0 Å². The Morgan fingerprint density at radius 3 is 2.65 bits per heavy atom. The van der Waals surface area contributed by atoms with Crippen molar-refractivity contribution in [3.63, 3.8) is 0 Å². The second-order valence-electron chi connectivity index (χ2n) is 6.52. The zero-order chi connectivity index (χ0) is 17.0. The van der Waals surface area contributed by atoms with Gasteiger partial charge in [0.2, 0.25) is 5.91 Å². The molecule has 6 heteroatoms. The maximum Gasteiger partial charge on any atom is 0.242 e. The van der Waals surface area contributed by atoms with Gasteiger partial charge in [-0.25, -0.2) is 4.39 Å². The van der Waals surface area contributed by atoms with Crippen LogP contribution in [0.1, 0.15) is 33.3 Å². The van der Waals surface area contributed by atoms with Gasteiger partial charge in [-0.05, 0) is 33.8 Å². The van der Waals surface area contributed by atoms with Crippen LogP contribution in [0.15, 0.2) is 36.7 Å². The summed E-state index contributed by atoms with van der Waals surface area (Å²) in [5.74, 6) is -0.517. The number of amides is 1. The molecule has 124 valence electrons. The average Bonchev–Trinajstić information content (AvgIpc) is 2.94. The van der Waals surface area contributed by atoms with Crippen molar-refractivity contribution in [1.82, 2.24) is 15.1 Å². The highest BCUT2D eigenvalue weighted by atomic mass is 19.1. The van der Waals surface area contributed by atoms with E-state index in [0.717, 1.165) is 5.69 Å². The summed E-state index contributed by atoms with van der Waals surface area (Å²) in [6.07, 6.45) is 3.55. The fourth-order valence-electron chi connectivity index (χ4n) is 2.06. The molecular weight excluding hydrogens is 295 g/mol. The summed E-state index contributed by atoms with van der Waals surface area (Å²) < 4.78 is 15.4. The third-order valence-electron chi connectivity index (χ3n) is 3.46. The first-order valence-corrected chi connectivity index (χ1v) is 7.60. The Hall–Kier alpha value is -2.37. The molecule has 1 aromatic heterocycles. The monoisotopic (exact) mass is 318 g/mol. The SMILES string of the molecule is CC(Nc1cnn(C(C)(C)C)c1)C(=O)NCc1ccccc1F. The van der Waals surface area contributed by atoms with Gasteiger partial charge in [-0.3, -0.25) is 9.48 Å². The van der Waals surface area contributed by atoms with Crippen LogP contribution in [0.25, 0.3) is 0 Å². The number of anilines is 1. The van der Waals surface area contributed by atoms with Crippen LogP contribution in [0, 0.1) is 5.82 Å². The first kappa shape index (κ1) is 17.0. The zero-order valence-electron chi connectivity index (χ0n) is 13.9. The molecule has 1 aromatic carbocycles. The van der Waals surface area contributed by atoms with E-state index < -0.39 is 6.04 Å². The highest BCUT2D eigenvalue weighted by Gasteiger charge is 2.17. The molecule has 0 fully saturated rings. The van der Waals surface area contributed by atoms with Crippen LogP contribution in [0.5, 0.6) is 0 Å². The number of nitrogens with zero attached hydrogens (tertiary/aromatic N) is 2. The van der Waals surface area contributed by atoms with Gasteiger partial charge in [0.05, 0.1) is 17.4 Å². The third-order valence-corrected chi connectivity index (χ3v) is 3.46. The van der Waals surface area contributed by atoms with Gasteiger partial charge in [-0.15, -0.1) is 0 Å². The molecule has 0 bridgehead atoms. The number of benzene rings is 1. The van der Waals surface area contributed by atoms with Gasteiger partial charge in [-0.1, -0.05) is 18.2 Å². The predicted octanol–water partition coefficient (Wildman–Crippen LogP) is 2.89. The second-order valence-corrected chi connectivity index (χ2v) is 6.52. The molecule has 0 radical (unpaired) electrons. The molecule has 0 saturated carbocycles. The van der Waals surface area contributed by atoms with Crippen LogP contribution in [-0.2, 0) is 16.9 Å². The van der Waals surface area contributed by atoms with Crippen molar-refractivity contribution >= 4 is 11.6 Å². The minimum atomic E-state index is -0.445. The molecule has 1 unspecified atom stereocenters. The third kappa shape index (κ3) is 4.55. The van der Waals surface area contributed by atoms with Crippen LogP contribution in [0.3, 0.4) is 0 Å². The van der Waals surface area contributed by atoms with Gasteiger partial charge in [0.1, 0.15) is 11.9 Å². The van der Waals surface area contributed by atoms with Crippen molar-refractivity contribution < 1.29 is 9.18 Å². The molecule has 0 spiro atoms. The summed E-state index contributed by atoms with van der Waals surface area (Å²) >= 11 is 0. The normalized spacial score (nSPS) is 12.7. The Morgan fingerprint density at radius 2 is 2.04 bits per heavy atom. The van der Waals surface area contributed by atoms with Crippen molar-refractivity contribution in [3.05, 3.63) is 48.0 Å². The number of aromatic nitrogens is 2. The van der Waals surface area contributed by atoms with Crippen LogP contribution in [-0.4, -0.2) is 21.7 Å². The van der Waals surface area contributed by atoms with E-state index in [4.69, 9.17) is 0 Å². The first-order chi connectivity index (χ1) is 10.8. The Kier molecular flexibility index (Phi) is 5.03. The van der Waals surface area contributed by atoms with Crippen molar-refractivity contribution in [1.29, 1.82) is 0 Å². The van der Waals surface area contributed by atoms with E-state index in [1.165, 1.54) is 6.07 Å². The fraction of sp³-hybridized carbons (Fsp3) is 0.412. The van der Waals surface area contributed by atoms with Crippen molar-refractivity contribution in [3.8, 4) is 0 Å². The average molecular weight is 318 g/mol. The Labute approximate surface area is 135 Å². The minimum absolute atomic E-state index is 0.115. The Balaban J connectivity index is 1.90. The van der Waals surface area contributed by atoms with Crippen molar-refractivity contribution in [2.24, 2.45) is 0 Å². The summed E-state index contributed by atoms with van der Waals surface area (Å²) in [5, 5.41) is 10.1. The number of halogens is 1. The van der Waals surface area contributed by atoms with Crippen molar-refractivity contribution in [2.45, 2.75) is 45.8 Å². The lowest BCUT2D eigenvalue weighted by Crippen LogP contribution is -2.37. The van der Waals surface area contributed by atoms with E-state index in [-0.39, 0.29) is 23.8 Å². The second kappa shape index (κ2) is 6.81. The molecule has 0 aliphatic carbocycles. The van der Waals surface area contributed by atoms with E-state index in [1.807, 2.05) is 31.6 Å². The van der Waals surface area contributed by atoms with Gasteiger partial charge >= 0.3 is 0 Å². The number of hydrogen-bond acceptors (Lipinski definition) is 3. The highest BCUT2D eigenvalue weighted by Crippen LogP contribution is 2.16.